The second-order valence-electron chi connectivity index (χ2n) is 8.50. The topological polar surface area (TPSA) is 101 Å². The number of fused-ring (bicyclic) bond motifs is 2. The number of benzene rings is 2. The average Bonchev–Trinajstić information content (AvgIpc) is 3.56. The first-order valence-corrected chi connectivity index (χ1v) is 10.8. The number of nitrogens with one attached hydrogen (secondary N) is 1. The number of aromatic nitrogens is 3. The minimum absolute atomic E-state index is 0.000885. The van der Waals surface area contributed by atoms with E-state index in [0.29, 0.717) is 60.6 Å². The third kappa shape index (κ3) is 4.13. The van der Waals surface area contributed by atoms with Gasteiger partial charge in [0.2, 0.25) is 5.91 Å². The minimum Gasteiger partial charge on any atom is -0.497 e. The molecule has 9 nitrogen and oxygen atoms in total. The number of aromatic amines is 1. The van der Waals surface area contributed by atoms with E-state index in [2.05, 4.69) is 15.4 Å². The summed E-state index contributed by atoms with van der Waals surface area (Å²) in [6.45, 7) is 2.62. The molecule has 170 valence electrons. The van der Waals surface area contributed by atoms with Gasteiger partial charge in [0, 0.05) is 55.7 Å². The Kier molecular flexibility index (Phi) is 5.45. The number of hydrogen-bond donors (Lipinski definition) is 1. The van der Waals surface area contributed by atoms with Crippen molar-refractivity contribution in [3.63, 3.8) is 0 Å². The Bertz CT molecular complexity index is 1200. The molecule has 2 saturated heterocycles. The maximum absolute atomic E-state index is 13.0. The lowest BCUT2D eigenvalue weighted by Crippen LogP contribution is -2.35. The van der Waals surface area contributed by atoms with Crippen molar-refractivity contribution >= 4 is 28.9 Å². The molecular formula is C24H25N5O4. The number of nitrogens with zero attached hydrogens (tertiary/aromatic N) is 4. The van der Waals surface area contributed by atoms with E-state index < -0.39 is 0 Å². The van der Waals surface area contributed by atoms with Gasteiger partial charge < -0.3 is 19.3 Å². The van der Waals surface area contributed by atoms with Gasteiger partial charge in [-0.25, -0.2) is 0 Å². The largest absolute Gasteiger partial charge is 0.497 e. The van der Waals surface area contributed by atoms with Crippen LogP contribution in [0.4, 0.5) is 0 Å². The van der Waals surface area contributed by atoms with Gasteiger partial charge in [-0.1, -0.05) is 5.21 Å². The first-order chi connectivity index (χ1) is 16.0. The summed E-state index contributed by atoms with van der Waals surface area (Å²) in [5, 5.41) is 10.6. The number of carbonyl (C=O) groups excluding carboxylic acids is 2. The van der Waals surface area contributed by atoms with Crippen LogP contribution >= 0.6 is 0 Å². The van der Waals surface area contributed by atoms with Crippen LogP contribution < -0.4 is 9.47 Å². The molecule has 0 spiro atoms. The van der Waals surface area contributed by atoms with Crippen LogP contribution in [0.1, 0.15) is 15.9 Å². The predicted molar refractivity (Wildman–Crippen MR) is 122 cm³/mol. The van der Waals surface area contributed by atoms with Gasteiger partial charge in [0.25, 0.3) is 5.91 Å². The van der Waals surface area contributed by atoms with E-state index in [-0.39, 0.29) is 11.8 Å². The van der Waals surface area contributed by atoms with Gasteiger partial charge in [-0.2, -0.15) is 0 Å². The summed E-state index contributed by atoms with van der Waals surface area (Å²) in [7, 11) is 3.19. The zero-order chi connectivity index (χ0) is 22.9. The van der Waals surface area contributed by atoms with Crippen molar-refractivity contribution < 1.29 is 19.1 Å². The van der Waals surface area contributed by atoms with E-state index in [9.17, 15) is 9.59 Å². The maximum atomic E-state index is 13.0. The van der Waals surface area contributed by atoms with E-state index in [1.54, 1.807) is 44.6 Å². The van der Waals surface area contributed by atoms with Crippen molar-refractivity contribution in [2.45, 2.75) is 0 Å². The van der Waals surface area contributed by atoms with Crippen LogP contribution in [0.5, 0.6) is 11.5 Å². The van der Waals surface area contributed by atoms with Crippen molar-refractivity contribution in [3.05, 3.63) is 53.6 Å². The van der Waals surface area contributed by atoms with E-state index >= 15 is 0 Å². The molecule has 33 heavy (non-hydrogen) atoms. The van der Waals surface area contributed by atoms with Crippen LogP contribution in [0, 0.1) is 11.8 Å². The number of hydrogen-bond acceptors (Lipinski definition) is 6. The van der Waals surface area contributed by atoms with E-state index in [4.69, 9.17) is 9.47 Å². The van der Waals surface area contributed by atoms with Crippen LogP contribution in [-0.4, -0.2) is 77.4 Å². The Morgan fingerprint density at radius 3 is 2.30 bits per heavy atom. The summed E-state index contributed by atoms with van der Waals surface area (Å²) in [5.74, 6) is 1.90. The number of amides is 2. The third-order valence-electron chi connectivity index (χ3n) is 6.45. The molecule has 0 radical (unpaired) electrons. The standard InChI is InChI=1S/C24H25N5O4/c1-32-19-7-15(8-20(10-19)33-2)3-6-23(30)28-11-17-13-29(14-18(17)12-28)24(31)16-4-5-21-22(9-16)26-27-25-21/h3-10,17-18H,11-14H2,1-2H3,(H,25,26,27)/b6-3+. The molecule has 0 aliphatic carbocycles. The molecule has 2 atom stereocenters. The lowest BCUT2D eigenvalue weighted by Gasteiger charge is -2.21. The molecule has 0 saturated carbocycles. The van der Waals surface area contributed by atoms with Gasteiger partial charge >= 0.3 is 0 Å². The van der Waals surface area contributed by atoms with Gasteiger partial charge in [-0.15, -0.1) is 5.10 Å². The summed E-state index contributed by atoms with van der Waals surface area (Å²) in [6, 6.07) is 10.9. The fourth-order valence-corrected chi connectivity index (χ4v) is 4.69. The van der Waals surface area contributed by atoms with Gasteiger partial charge in [-0.05, 0) is 42.0 Å². The number of methoxy groups -OCH3 is 2. The zero-order valence-electron chi connectivity index (χ0n) is 18.5. The normalized spacial score (nSPS) is 19.9. The van der Waals surface area contributed by atoms with Gasteiger partial charge in [0.15, 0.2) is 0 Å². The van der Waals surface area contributed by atoms with Crippen molar-refractivity contribution in [2.24, 2.45) is 11.8 Å². The number of ether oxygens (including phenoxy) is 2. The highest BCUT2D eigenvalue weighted by atomic mass is 16.5. The molecule has 2 amide bonds. The molecule has 3 aromatic rings. The Morgan fingerprint density at radius 2 is 1.64 bits per heavy atom. The average molecular weight is 447 g/mol. The molecule has 2 aliphatic rings. The molecule has 2 aliphatic heterocycles. The highest BCUT2D eigenvalue weighted by molar-refractivity contribution is 5.97. The Balaban J connectivity index is 1.20. The van der Waals surface area contributed by atoms with E-state index in [0.717, 1.165) is 11.1 Å². The van der Waals surface area contributed by atoms with Crippen LogP contribution in [0.25, 0.3) is 17.1 Å². The first kappa shape index (κ1) is 21.0. The van der Waals surface area contributed by atoms with E-state index in [1.165, 1.54) is 0 Å². The second kappa shape index (κ2) is 8.57. The van der Waals surface area contributed by atoms with Crippen molar-refractivity contribution in [1.82, 2.24) is 25.2 Å². The van der Waals surface area contributed by atoms with Crippen molar-refractivity contribution in [3.8, 4) is 11.5 Å². The molecule has 1 aromatic heterocycles. The van der Waals surface area contributed by atoms with Crippen molar-refractivity contribution in [1.29, 1.82) is 0 Å². The van der Waals surface area contributed by atoms with Crippen LogP contribution in [0.15, 0.2) is 42.5 Å². The third-order valence-corrected chi connectivity index (χ3v) is 6.45. The SMILES string of the molecule is COc1cc(/C=C/C(=O)N2CC3CN(C(=O)c4ccc5[nH]nnc5c4)CC3C2)cc(OC)c1. The molecular weight excluding hydrogens is 422 g/mol. The van der Waals surface area contributed by atoms with Crippen LogP contribution in [0.3, 0.4) is 0 Å². The summed E-state index contributed by atoms with van der Waals surface area (Å²) < 4.78 is 10.6. The summed E-state index contributed by atoms with van der Waals surface area (Å²) in [4.78, 5) is 29.5. The van der Waals surface area contributed by atoms with Crippen molar-refractivity contribution in [2.75, 3.05) is 40.4 Å². The highest BCUT2D eigenvalue weighted by Gasteiger charge is 2.42. The lowest BCUT2D eigenvalue weighted by molar-refractivity contribution is -0.125. The molecule has 2 aromatic carbocycles. The quantitative estimate of drug-likeness (QED) is 0.602. The molecule has 1 N–H and O–H groups in total. The number of rotatable bonds is 5. The van der Waals surface area contributed by atoms with Gasteiger partial charge in [-0.3, -0.25) is 14.7 Å². The minimum atomic E-state index is -0.0273. The monoisotopic (exact) mass is 447 g/mol. The number of likely N-dealkylation sites (tertiary alicyclic amines) is 2. The van der Waals surface area contributed by atoms with Crippen LogP contribution in [0.2, 0.25) is 0 Å². The van der Waals surface area contributed by atoms with Gasteiger partial charge in [0.1, 0.15) is 17.0 Å². The Hall–Kier alpha value is -3.88. The molecule has 0 bridgehead atoms. The smallest absolute Gasteiger partial charge is 0.253 e. The molecule has 5 rings (SSSR count). The Morgan fingerprint density at radius 1 is 0.970 bits per heavy atom. The predicted octanol–water partition coefficient (Wildman–Crippen LogP) is 2.22. The van der Waals surface area contributed by atoms with Gasteiger partial charge in [0.05, 0.1) is 19.7 Å². The maximum Gasteiger partial charge on any atom is 0.253 e. The highest BCUT2D eigenvalue weighted by Crippen LogP contribution is 2.32. The van der Waals surface area contributed by atoms with Crippen LogP contribution in [-0.2, 0) is 4.79 Å². The molecule has 2 fully saturated rings. The zero-order valence-corrected chi connectivity index (χ0v) is 18.5. The Labute approximate surface area is 191 Å². The summed E-state index contributed by atoms with van der Waals surface area (Å²) in [5.41, 5.74) is 2.93. The second-order valence-corrected chi connectivity index (χ2v) is 8.50. The number of H-pyrrole nitrogens is 1. The molecule has 9 heteroatoms. The summed E-state index contributed by atoms with van der Waals surface area (Å²) >= 11 is 0. The molecule has 3 heterocycles. The fraction of sp³-hybridized carbons (Fsp3) is 0.333. The number of carbonyl (C=O) groups is 2. The fourth-order valence-electron chi connectivity index (χ4n) is 4.69. The molecule has 2 unspecified atom stereocenters. The lowest BCUT2D eigenvalue weighted by atomic mass is 10.0. The van der Waals surface area contributed by atoms with E-state index in [1.807, 2.05) is 28.0 Å². The summed E-state index contributed by atoms with van der Waals surface area (Å²) in [6.07, 6.45) is 3.36. The first-order valence-electron chi connectivity index (χ1n) is 10.8.